The normalized spacial score (nSPS) is 51.4. The van der Waals surface area contributed by atoms with E-state index in [0.717, 1.165) is 30.1 Å². The Hall–Kier alpha value is -0.740. The zero-order valence-corrected chi connectivity index (χ0v) is 16.6. The lowest BCUT2D eigenvalue weighted by Crippen LogP contribution is -2.52. The van der Waals surface area contributed by atoms with Crippen LogP contribution < -0.4 is 0 Å². The van der Waals surface area contributed by atoms with E-state index in [9.17, 15) is 5.11 Å². The first-order chi connectivity index (χ1) is 11.7. The molecule has 1 N–H and O–H groups in total. The molecule has 8 atom stereocenters. The van der Waals surface area contributed by atoms with Crippen LogP contribution in [0.5, 0.6) is 0 Å². The highest BCUT2D eigenvalue weighted by Gasteiger charge is 2.61. The van der Waals surface area contributed by atoms with Crippen LogP contribution in [0.25, 0.3) is 0 Å². The van der Waals surface area contributed by atoms with Gasteiger partial charge in [-0.3, -0.25) is 0 Å². The summed E-state index contributed by atoms with van der Waals surface area (Å²) in [6.07, 6.45) is 18.7. The minimum Gasteiger partial charge on any atom is -0.378 e. The van der Waals surface area contributed by atoms with E-state index < -0.39 is 5.60 Å². The molecule has 1 heteroatoms. The Labute approximate surface area is 154 Å². The van der Waals surface area contributed by atoms with Crippen molar-refractivity contribution in [1.29, 1.82) is 0 Å². The van der Waals surface area contributed by atoms with E-state index in [1.165, 1.54) is 44.9 Å². The predicted octanol–water partition coefficient (Wildman–Crippen LogP) is 5.59. The minimum atomic E-state index is -0.948. The molecule has 4 unspecified atom stereocenters. The third kappa shape index (κ3) is 2.39. The summed E-state index contributed by atoms with van der Waals surface area (Å²) in [6.45, 7) is 9.32. The summed E-state index contributed by atoms with van der Waals surface area (Å²) >= 11 is 0. The van der Waals surface area contributed by atoms with Crippen molar-refractivity contribution < 1.29 is 5.11 Å². The van der Waals surface area contributed by atoms with E-state index >= 15 is 0 Å². The molecular formula is C24H36O. The molecule has 0 spiro atoms. The van der Waals surface area contributed by atoms with Gasteiger partial charge < -0.3 is 5.11 Å². The van der Waals surface area contributed by atoms with Crippen LogP contribution in [0.2, 0.25) is 0 Å². The Kier molecular flexibility index (Phi) is 3.98. The SMILES string of the molecule is C#CC(C)(O)[C@H]1CCC2C3CC=C4C[C@@H](C)CC[C@]4(C)C3CC[C@@]21C. The minimum absolute atomic E-state index is 0.223. The van der Waals surface area contributed by atoms with Gasteiger partial charge in [-0.2, -0.15) is 0 Å². The summed E-state index contributed by atoms with van der Waals surface area (Å²) in [5.41, 5.74) is 1.50. The number of hydrogen-bond acceptors (Lipinski definition) is 1. The Balaban J connectivity index is 1.66. The first-order valence-electron chi connectivity index (χ1n) is 10.6. The van der Waals surface area contributed by atoms with E-state index in [2.05, 4.69) is 32.8 Å². The van der Waals surface area contributed by atoms with Crippen molar-refractivity contribution in [3.8, 4) is 12.3 Å². The summed E-state index contributed by atoms with van der Waals surface area (Å²) in [5.74, 6) is 6.25. The zero-order chi connectivity index (χ0) is 18.0. The molecule has 1 nitrogen and oxygen atoms in total. The molecule has 3 fully saturated rings. The van der Waals surface area contributed by atoms with Crippen molar-refractivity contribution in [2.45, 2.75) is 84.7 Å². The second-order valence-corrected chi connectivity index (χ2v) is 10.6. The maximum absolute atomic E-state index is 10.8. The van der Waals surface area contributed by atoms with E-state index in [-0.39, 0.29) is 11.3 Å². The Morgan fingerprint density at radius 1 is 1.16 bits per heavy atom. The highest BCUT2D eigenvalue weighted by Crippen LogP contribution is 2.67. The Morgan fingerprint density at radius 2 is 1.92 bits per heavy atom. The predicted molar refractivity (Wildman–Crippen MR) is 104 cm³/mol. The largest absolute Gasteiger partial charge is 0.378 e. The summed E-state index contributed by atoms with van der Waals surface area (Å²) in [4.78, 5) is 0. The monoisotopic (exact) mass is 340 g/mol. The first kappa shape index (κ1) is 17.7. The maximum Gasteiger partial charge on any atom is 0.125 e. The highest BCUT2D eigenvalue weighted by molar-refractivity contribution is 5.26. The third-order valence-corrected chi connectivity index (χ3v) is 9.32. The molecule has 0 aromatic rings. The van der Waals surface area contributed by atoms with Gasteiger partial charge in [0, 0.05) is 5.92 Å². The molecule has 0 aliphatic heterocycles. The van der Waals surface area contributed by atoms with E-state index in [1.807, 2.05) is 6.92 Å². The van der Waals surface area contributed by atoms with Crippen LogP contribution in [0.15, 0.2) is 11.6 Å². The molecule has 0 saturated heterocycles. The highest BCUT2D eigenvalue weighted by atomic mass is 16.3. The van der Waals surface area contributed by atoms with Gasteiger partial charge in [0.05, 0.1) is 0 Å². The average molecular weight is 341 g/mol. The summed E-state index contributed by atoms with van der Waals surface area (Å²) in [6, 6.07) is 0. The lowest BCUT2D eigenvalue weighted by molar-refractivity contribution is -0.0801. The molecular weight excluding hydrogens is 304 g/mol. The lowest BCUT2D eigenvalue weighted by Gasteiger charge is -2.58. The van der Waals surface area contributed by atoms with Crippen molar-refractivity contribution in [3.63, 3.8) is 0 Å². The van der Waals surface area contributed by atoms with Crippen LogP contribution >= 0.6 is 0 Å². The number of aliphatic hydroxyl groups is 1. The lowest BCUT2D eigenvalue weighted by atomic mass is 9.46. The van der Waals surface area contributed by atoms with Crippen LogP contribution in [0.1, 0.15) is 79.1 Å². The summed E-state index contributed by atoms with van der Waals surface area (Å²) < 4.78 is 0. The molecule has 4 aliphatic rings. The number of allylic oxidation sites excluding steroid dienone is 2. The van der Waals surface area contributed by atoms with Crippen LogP contribution in [0.4, 0.5) is 0 Å². The molecule has 0 aromatic carbocycles. The van der Waals surface area contributed by atoms with Gasteiger partial charge in [-0.15, -0.1) is 6.42 Å². The molecule has 4 rings (SSSR count). The van der Waals surface area contributed by atoms with Gasteiger partial charge in [-0.25, -0.2) is 0 Å². The quantitative estimate of drug-likeness (QED) is 0.487. The molecule has 0 amide bonds. The van der Waals surface area contributed by atoms with E-state index in [4.69, 9.17) is 6.42 Å². The van der Waals surface area contributed by atoms with Gasteiger partial charge in [-0.05, 0) is 92.8 Å². The summed E-state index contributed by atoms with van der Waals surface area (Å²) in [5, 5.41) is 10.8. The zero-order valence-electron chi connectivity index (χ0n) is 16.6. The smallest absolute Gasteiger partial charge is 0.125 e. The fourth-order valence-electron chi connectivity index (χ4n) is 7.87. The number of rotatable bonds is 1. The number of fused-ring (bicyclic) bond motifs is 5. The maximum atomic E-state index is 10.8. The van der Waals surface area contributed by atoms with Crippen molar-refractivity contribution in [2.75, 3.05) is 0 Å². The van der Waals surface area contributed by atoms with Crippen molar-refractivity contribution in [3.05, 3.63) is 11.6 Å². The summed E-state index contributed by atoms with van der Waals surface area (Å²) in [7, 11) is 0. The number of hydrogen-bond donors (Lipinski definition) is 1. The standard InChI is InChI=1S/C24H36O/c1-6-24(5,25)21-10-9-19-18-8-7-17-15-16(2)11-13-22(17,3)20(18)12-14-23(19,21)4/h1,7,16,18-21,25H,8-15H2,2-5H3/t16-,18?,19?,20?,21-,22-,23-,24?/m0/s1. The molecule has 4 aliphatic carbocycles. The van der Waals surface area contributed by atoms with Gasteiger partial charge >= 0.3 is 0 Å². The fourth-order valence-corrected chi connectivity index (χ4v) is 7.87. The van der Waals surface area contributed by atoms with Gasteiger partial charge in [-0.1, -0.05) is 38.3 Å². The second-order valence-electron chi connectivity index (χ2n) is 10.6. The second kappa shape index (κ2) is 5.63. The first-order valence-corrected chi connectivity index (χ1v) is 10.6. The van der Waals surface area contributed by atoms with Crippen LogP contribution in [0.3, 0.4) is 0 Å². The Bertz CT molecular complexity index is 622. The van der Waals surface area contributed by atoms with Crippen LogP contribution in [-0.4, -0.2) is 10.7 Å². The van der Waals surface area contributed by atoms with Crippen molar-refractivity contribution in [2.24, 2.45) is 40.4 Å². The molecule has 0 heterocycles. The van der Waals surface area contributed by atoms with Crippen LogP contribution in [0, 0.1) is 52.8 Å². The van der Waals surface area contributed by atoms with Crippen molar-refractivity contribution in [1.82, 2.24) is 0 Å². The van der Waals surface area contributed by atoms with Gasteiger partial charge in [0.2, 0.25) is 0 Å². The molecule has 25 heavy (non-hydrogen) atoms. The van der Waals surface area contributed by atoms with Crippen LogP contribution in [-0.2, 0) is 0 Å². The third-order valence-electron chi connectivity index (χ3n) is 9.32. The van der Waals surface area contributed by atoms with Gasteiger partial charge in [0.1, 0.15) is 5.60 Å². The molecule has 138 valence electrons. The topological polar surface area (TPSA) is 20.2 Å². The number of terminal acetylenes is 1. The molecule has 0 bridgehead atoms. The molecule has 0 aromatic heterocycles. The molecule has 0 radical (unpaired) electrons. The van der Waals surface area contributed by atoms with Gasteiger partial charge in [0.25, 0.3) is 0 Å². The van der Waals surface area contributed by atoms with E-state index in [0.29, 0.717) is 5.41 Å². The van der Waals surface area contributed by atoms with E-state index in [1.54, 1.807) is 5.57 Å². The van der Waals surface area contributed by atoms with Gasteiger partial charge in [0.15, 0.2) is 0 Å². The average Bonchev–Trinajstić information content (AvgIpc) is 2.93. The molecule has 3 saturated carbocycles. The van der Waals surface area contributed by atoms with Crippen molar-refractivity contribution >= 4 is 0 Å². The Morgan fingerprint density at radius 3 is 2.64 bits per heavy atom. The fraction of sp³-hybridized carbons (Fsp3) is 0.833.